The topological polar surface area (TPSA) is 32.8 Å². The highest BCUT2D eigenvalue weighted by atomic mass is 16.7. The summed E-state index contributed by atoms with van der Waals surface area (Å²) in [5.41, 5.74) is 0.793. The van der Waals surface area contributed by atoms with E-state index < -0.39 is 0 Å². The molecule has 0 unspecified atom stereocenters. The fraction of sp³-hybridized carbons (Fsp3) is 0.462. The monoisotopic (exact) mass is 234 g/mol. The zero-order valence-corrected chi connectivity index (χ0v) is 10.1. The third-order valence-corrected chi connectivity index (χ3v) is 3.05. The third kappa shape index (κ3) is 3.36. The maximum atomic E-state index is 12.0. The molecule has 1 aliphatic rings. The van der Waals surface area contributed by atoms with E-state index in [-0.39, 0.29) is 5.78 Å². The van der Waals surface area contributed by atoms with Gasteiger partial charge in [0.1, 0.15) is 0 Å². The van der Waals surface area contributed by atoms with Gasteiger partial charge >= 0.3 is 0 Å². The lowest BCUT2D eigenvalue weighted by atomic mass is 10.1. The van der Waals surface area contributed by atoms with Gasteiger partial charge in [-0.25, -0.2) is 0 Å². The molecule has 0 saturated carbocycles. The number of nitrogens with zero attached hydrogens (tertiary/aromatic N) is 2. The van der Waals surface area contributed by atoms with Crippen molar-refractivity contribution in [3.63, 3.8) is 0 Å². The fourth-order valence-electron chi connectivity index (χ4n) is 1.99. The lowest BCUT2D eigenvalue weighted by molar-refractivity contribution is -0.150. The average Bonchev–Trinajstić information content (AvgIpc) is 2.40. The number of ketones is 1. The number of piperazine rings is 1. The van der Waals surface area contributed by atoms with Crippen molar-refractivity contribution in [3.8, 4) is 0 Å². The van der Waals surface area contributed by atoms with Gasteiger partial charge in [0.05, 0.1) is 13.7 Å². The number of benzene rings is 1. The van der Waals surface area contributed by atoms with Crippen LogP contribution < -0.4 is 0 Å². The standard InChI is InChI=1S/C13H18N2O2/c1-17-15-9-7-14(8-10-15)11-13(16)12-5-3-2-4-6-12/h2-6H,7-11H2,1H3. The van der Waals surface area contributed by atoms with Crippen LogP contribution >= 0.6 is 0 Å². The van der Waals surface area contributed by atoms with Gasteiger partial charge in [-0.05, 0) is 0 Å². The van der Waals surface area contributed by atoms with Crippen LogP contribution in [0.4, 0.5) is 0 Å². The molecule has 17 heavy (non-hydrogen) atoms. The van der Waals surface area contributed by atoms with Crippen LogP contribution in [0.25, 0.3) is 0 Å². The van der Waals surface area contributed by atoms with E-state index in [1.807, 2.05) is 35.4 Å². The van der Waals surface area contributed by atoms with Gasteiger partial charge in [0, 0.05) is 31.7 Å². The van der Waals surface area contributed by atoms with Crippen LogP contribution in [0.2, 0.25) is 0 Å². The van der Waals surface area contributed by atoms with Crippen LogP contribution in [0.1, 0.15) is 10.4 Å². The van der Waals surface area contributed by atoms with E-state index in [9.17, 15) is 4.79 Å². The van der Waals surface area contributed by atoms with Crippen LogP contribution in [0, 0.1) is 0 Å². The molecule has 1 saturated heterocycles. The molecule has 1 heterocycles. The number of Topliss-reactive ketones (excluding diaryl/α,β-unsaturated/α-hetero) is 1. The number of hydrogen-bond donors (Lipinski definition) is 0. The zero-order valence-electron chi connectivity index (χ0n) is 10.1. The van der Waals surface area contributed by atoms with E-state index in [1.54, 1.807) is 7.11 Å². The Labute approximate surface area is 102 Å². The maximum absolute atomic E-state index is 12.0. The molecule has 1 aliphatic heterocycles. The van der Waals surface area contributed by atoms with Crippen LogP contribution in [0.3, 0.4) is 0 Å². The quantitative estimate of drug-likeness (QED) is 0.729. The molecule has 0 N–H and O–H groups in total. The fourth-order valence-corrected chi connectivity index (χ4v) is 1.99. The molecule has 0 aliphatic carbocycles. The summed E-state index contributed by atoms with van der Waals surface area (Å²) in [5.74, 6) is 0.191. The minimum Gasteiger partial charge on any atom is -0.302 e. The second-order valence-corrected chi connectivity index (χ2v) is 4.18. The normalized spacial score (nSPS) is 18.2. The number of hydroxylamine groups is 2. The highest BCUT2D eigenvalue weighted by molar-refractivity contribution is 5.97. The minimum atomic E-state index is 0.191. The molecule has 0 atom stereocenters. The van der Waals surface area contributed by atoms with Crippen LogP contribution in [0.5, 0.6) is 0 Å². The largest absolute Gasteiger partial charge is 0.302 e. The van der Waals surface area contributed by atoms with Crippen molar-refractivity contribution >= 4 is 5.78 Å². The van der Waals surface area contributed by atoms with E-state index in [1.165, 1.54) is 0 Å². The average molecular weight is 234 g/mol. The Balaban J connectivity index is 1.84. The molecule has 0 aromatic heterocycles. The van der Waals surface area contributed by atoms with Crippen LogP contribution in [-0.2, 0) is 4.84 Å². The lowest BCUT2D eigenvalue weighted by Gasteiger charge is -2.32. The van der Waals surface area contributed by atoms with E-state index in [0.717, 1.165) is 31.7 Å². The van der Waals surface area contributed by atoms with Gasteiger partial charge in [-0.3, -0.25) is 9.69 Å². The Bertz CT molecular complexity index is 359. The molecule has 4 heteroatoms. The summed E-state index contributed by atoms with van der Waals surface area (Å²) in [6.45, 7) is 3.98. The number of hydrogen-bond acceptors (Lipinski definition) is 4. The molecule has 0 amide bonds. The zero-order chi connectivity index (χ0) is 12.1. The number of carbonyl (C=O) groups is 1. The van der Waals surface area contributed by atoms with Gasteiger partial charge < -0.3 is 4.84 Å². The summed E-state index contributed by atoms with van der Waals surface area (Å²) >= 11 is 0. The molecular formula is C13H18N2O2. The molecule has 0 bridgehead atoms. The summed E-state index contributed by atoms with van der Waals surface area (Å²) < 4.78 is 0. The minimum absolute atomic E-state index is 0.191. The molecule has 0 spiro atoms. The number of rotatable bonds is 4. The van der Waals surface area contributed by atoms with Crippen molar-refractivity contribution in [3.05, 3.63) is 35.9 Å². The van der Waals surface area contributed by atoms with Crippen molar-refractivity contribution < 1.29 is 9.63 Å². The first-order chi connectivity index (χ1) is 8.29. The summed E-state index contributed by atoms with van der Waals surface area (Å²) in [6.07, 6.45) is 0. The first-order valence-corrected chi connectivity index (χ1v) is 5.89. The van der Waals surface area contributed by atoms with Crippen LogP contribution in [-0.4, -0.2) is 55.6 Å². The van der Waals surface area contributed by atoms with Gasteiger partial charge in [-0.1, -0.05) is 30.3 Å². The SMILES string of the molecule is CON1CCN(CC(=O)c2ccccc2)CC1. The van der Waals surface area contributed by atoms with Gasteiger partial charge in [0.2, 0.25) is 0 Å². The van der Waals surface area contributed by atoms with Crippen molar-refractivity contribution in [2.45, 2.75) is 0 Å². The predicted molar refractivity (Wildman–Crippen MR) is 65.8 cm³/mol. The van der Waals surface area contributed by atoms with E-state index in [4.69, 9.17) is 4.84 Å². The Morgan fingerprint density at radius 1 is 1.18 bits per heavy atom. The van der Waals surface area contributed by atoms with Crippen LogP contribution in [0.15, 0.2) is 30.3 Å². The molecule has 1 aromatic rings. The Kier molecular flexibility index (Phi) is 4.25. The molecule has 1 aromatic carbocycles. The van der Waals surface area contributed by atoms with Crippen molar-refractivity contribution in [2.24, 2.45) is 0 Å². The highest BCUT2D eigenvalue weighted by Crippen LogP contribution is 2.05. The summed E-state index contributed by atoms with van der Waals surface area (Å²) in [4.78, 5) is 19.3. The van der Waals surface area contributed by atoms with Crippen molar-refractivity contribution in [1.29, 1.82) is 0 Å². The second-order valence-electron chi connectivity index (χ2n) is 4.18. The summed E-state index contributed by atoms with van der Waals surface area (Å²) in [5, 5.41) is 1.92. The second kappa shape index (κ2) is 5.91. The van der Waals surface area contributed by atoms with Gasteiger partial charge in [0.15, 0.2) is 5.78 Å². The molecule has 92 valence electrons. The smallest absolute Gasteiger partial charge is 0.176 e. The van der Waals surface area contributed by atoms with Gasteiger partial charge in [-0.15, -0.1) is 0 Å². The molecule has 0 radical (unpaired) electrons. The Morgan fingerprint density at radius 2 is 1.82 bits per heavy atom. The van der Waals surface area contributed by atoms with Crippen molar-refractivity contribution in [2.75, 3.05) is 39.8 Å². The third-order valence-electron chi connectivity index (χ3n) is 3.05. The Hall–Kier alpha value is -1.23. The van der Waals surface area contributed by atoms with E-state index in [2.05, 4.69) is 4.90 Å². The van der Waals surface area contributed by atoms with Gasteiger partial charge in [-0.2, -0.15) is 5.06 Å². The predicted octanol–water partition coefficient (Wildman–Crippen LogP) is 1.05. The van der Waals surface area contributed by atoms with E-state index in [0.29, 0.717) is 6.54 Å². The summed E-state index contributed by atoms with van der Waals surface area (Å²) in [7, 11) is 1.69. The van der Waals surface area contributed by atoms with Gasteiger partial charge in [0.25, 0.3) is 0 Å². The summed E-state index contributed by atoms with van der Waals surface area (Å²) in [6, 6.07) is 9.46. The lowest BCUT2D eigenvalue weighted by Crippen LogP contribution is -2.47. The molecular weight excluding hydrogens is 216 g/mol. The Morgan fingerprint density at radius 3 is 2.41 bits per heavy atom. The number of carbonyl (C=O) groups excluding carboxylic acids is 1. The molecule has 4 nitrogen and oxygen atoms in total. The van der Waals surface area contributed by atoms with E-state index >= 15 is 0 Å². The first kappa shape index (κ1) is 12.2. The molecule has 2 rings (SSSR count). The van der Waals surface area contributed by atoms with Crippen molar-refractivity contribution in [1.82, 2.24) is 9.96 Å². The first-order valence-electron chi connectivity index (χ1n) is 5.89. The highest BCUT2D eigenvalue weighted by Gasteiger charge is 2.18. The maximum Gasteiger partial charge on any atom is 0.176 e. The molecule has 1 fully saturated rings.